The number of aromatic amines is 1. The Morgan fingerprint density at radius 2 is 2.33 bits per heavy atom. The van der Waals surface area contributed by atoms with Gasteiger partial charge >= 0.3 is 0 Å². The molecule has 2 atom stereocenters. The molecule has 1 aliphatic rings. The van der Waals surface area contributed by atoms with Crippen LogP contribution in [0.1, 0.15) is 19.3 Å². The second kappa shape index (κ2) is 4.41. The third kappa shape index (κ3) is 1.86. The van der Waals surface area contributed by atoms with Gasteiger partial charge in [-0.15, -0.1) is 0 Å². The van der Waals surface area contributed by atoms with Gasteiger partial charge in [0.1, 0.15) is 5.82 Å². The molecular weight excluding hydrogens is 232 g/mol. The Balaban J connectivity index is 1.92. The fraction of sp³-hybridized carbons (Fsp3) is 0.545. The molecule has 4 N–H and O–H groups in total. The molecule has 7 nitrogen and oxygen atoms in total. The number of hydrogen-bond acceptors (Lipinski definition) is 6. The molecule has 7 heteroatoms. The lowest BCUT2D eigenvalue weighted by molar-refractivity contribution is 0.101. The number of H-pyrrole nitrogens is 1. The van der Waals surface area contributed by atoms with Gasteiger partial charge in [-0.05, 0) is 19.3 Å². The van der Waals surface area contributed by atoms with E-state index in [9.17, 15) is 0 Å². The van der Waals surface area contributed by atoms with Gasteiger partial charge in [0.15, 0.2) is 5.65 Å². The predicted molar refractivity (Wildman–Crippen MR) is 68.2 cm³/mol. The fourth-order valence-corrected chi connectivity index (χ4v) is 2.51. The highest BCUT2D eigenvalue weighted by molar-refractivity contribution is 5.86. The van der Waals surface area contributed by atoms with Crippen molar-refractivity contribution in [2.24, 2.45) is 0 Å². The molecule has 2 heterocycles. The largest absolute Gasteiger partial charge is 0.379 e. The lowest BCUT2D eigenvalue weighted by atomic mass is 10.2. The molecule has 0 bridgehead atoms. The fourth-order valence-electron chi connectivity index (χ4n) is 2.51. The molecule has 18 heavy (non-hydrogen) atoms. The van der Waals surface area contributed by atoms with Gasteiger partial charge in [-0.3, -0.25) is 5.10 Å². The minimum Gasteiger partial charge on any atom is -0.379 e. The lowest BCUT2D eigenvalue weighted by Crippen LogP contribution is -2.30. The van der Waals surface area contributed by atoms with E-state index in [0.29, 0.717) is 5.65 Å². The highest BCUT2D eigenvalue weighted by Gasteiger charge is 2.27. The normalized spacial score (nSPS) is 23.6. The number of anilines is 2. The maximum Gasteiger partial charge on any atom is 0.224 e. The highest BCUT2D eigenvalue weighted by atomic mass is 16.5. The Labute approximate surface area is 104 Å². The third-order valence-electron chi connectivity index (χ3n) is 3.40. The Morgan fingerprint density at radius 1 is 1.44 bits per heavy atom. The molecule has 1 saturated carbocycles. The molecule has 3 rings (SSSR count). The number of hydrogen-bond donors (Lipinski definition) is 3. The van der Waals surface area contributed by atoms with Crippen molar-refractivity contribution in [3.63, 3.8) is 0 Å². The third-order valence-corrected chi connectivity index (χ3v) is 3.40. The van der Waals surface area contributed by atoms with Gasteiger partial charge in [0.25, 0.3) is 0 Å². The van der Waals surface area contributed by atoms with E-state index < -0.39 is 0 Å². The monoisotopic (exact) mass is 248 g/mol. The molecular formula is C11H16N6O. The molecule has 2 aromatic rings. The molecule has 0 aliphatic heterocycles. The summed E-state index contributed by atoms with van der Waals surface area (Å²) in [5, 5.41) is 11.0. The van der Waals surface area contributed by atoms with Crippen LogP contribution in [0.4, 0.5) is 11.8 Å². The van der Waals surface area contributed by atoms with Crippen molar-refractivity contribution >= 4 is 22.8 Å². The summed E-state index contributed by atoms with van der Waals surface area (Å²) in [4.78, 5) is 8.33. The summed E-state index contributed by atoms with van der Waals surface area (Å²) < 4.78 is 5.46. The summed E-state index contributed by atoms with van der Waals surface area (Å²) in [7, 11) is 1.74. The van der Waals surface area contributed by atoms with Crippen LogP contribution >= 0.6 is 0 Å². The van der Waals surface area contributed by atoms with Crippen molar-refractivity contribution in [3.8, 4) is 0 Å². The first-order valence-corrected chi connectivity index (χ1v) is 6.04. The van der Waals surface area contributed by atoms with Crippen LogP contribution in [0, 0.1) is 0 Å². The number of methoxy groups -OCH3 is 1. The molecule has 2 unspecified atom stereocenters. The summed E-state index contributed by atoms with van der Waals surface area (Å²) in [6.07, 6.45) is 5.23. The number of fused-ring (bicyclic) bond motifs is 1. The van der Waals surface area contributed by atoms with Crippen molar-refractivity contribution in [1.29, 1.82) is 0 Å². The quantitative estimate of drug-likeness (QED) is 0.746. The number of ether oxygens (including phenoxy) is 1. The lowest BCUT2D eigenvalue weighted by Gasteiger charge is -2.20. The number of rotatable bonds is 3. The van der Waals surface area contributed by atoms with Crippen LogP contribution in [-0.4, -0.2) is 39.4 Å². The molecule has 2 aromatic heterocycles. The second-order valence-corrected chi connectivity index (χ2v) is 4.52. The molecule has 0 saturated heterocycles. The van der Waals surface area contributed by atoms with E-state index in [2.05, 4.69) is 25.5 Å². The van der Waals surface area contributed by atoms with Crippen molar-refractivity contribution in [1.82, 2.24) is 20.2 Å². The van der Waals surface area contributed by atoms with E-state index >= 15 is 0 Å². The van der Waals surface area contributed by atoms with Gasteiger partial charge in [0, 0.05) is 7.11 Å². The average Bonchev–Trinajstić information content (AvgIpc) is 2.96. The zero-order chi connectivity index (χ0) is 12.5. The van der Waals surface area contributed by atoms with Crippen molar-refractivity contribution < 1.29 is 4.74 Å². The molecule has 0 spiro atoms. The SMILES string of the molecule is COC1CCCC1Nc1nc(N)nc2[nH]ncc12. The van der Waals surface area contributed by atoms with E-state index in [1.54, 1.807) is 13.3 Å². The van der Waals surface area contributed by atoms with Crippen LogP contribution < -0.4 is 11.1 Å². The Morgan fingerprint density at radius 3 is 3.17 bits per heavy atom. The van der Waals surface area contributed by atoms with Gasteiger partial charge in [-0.2, -0.15) is 15.1 Å². The second-order valence-electron chi connectivity index (χ2n) is 4.52. The van der Waals surface area contributed by atoms with Crippen molar-refractivity contribution in [3.05, 3.63) is 6.20 Å². The number of nitrogens with two attached hydrogens (primary N) is 1. The van der Waals surface area contributed by atoms with Gasteiger partial charge < -0.3 is 15.8 Å². The number of nitrogen functional groups attached to an aromatic ring is 1. The summed E-state index contributed by atoms with van der Waals surface area (Å²) in [5.74, 6) is 0.960. The molecule has 0 amide bonds. The molecule has 1 fully saturated rings. The standard InChI is InChI=1S/C11H16N6O/c1-18-8-4-2-3-7(8)14-9-6-5-13-17-10(6)16-11(12)15-9/h5,7-8H,2-4H2,1H3,(H4,12,13,14,15,16,17). The van der Waals surface area contributed by atoms with Crippen LogP contribution in [0.15, 0.2) is 6.20 Å². The van der Waals surface area contributed by atoms with Crippen molar-refractivity contribution in [2.45, 2.75) is 31.4 Å². The first-order chi connectivity index (χ1) is 8.78. The van der Waals surface area contributed by atoms with Gasteiger partial charge in [0.2, 0.25) is 5.95 Å². The topological polar surface area (TPSA) is 102 Å². The molecule has 96 valence electrons. The number of nitrogens with one attached hydrogen (secondary N) is 2. The summed E-state index contributed by atoms with van der Waals surface area (Å²) in [6, 6.07) is 0.266. The summed E-state index contributed by atoms with van der Waals surface area (Å²) >= 11 is 0. The van der Waals surface area contributed by atoms with Crippen LogP contribution in [0.2, 0.25) is 0 Å². The molecule has 0 aromatic carbocycles. The van der Waals surface area contributed by atoms with Crippen LogP contribution in [0.25, 0.3) is 11.0 Å². The maximum absolute atomic E-state index is 5.68. The number of aromatic nitrogens is 4. The minimum absolute atomic E-state index is 0.225. The molecule has 0 radical (unpaired) electrons. The Hall–Kier alpha value is -1.89. The van der Waals surface area contributed by atoms with E-state index in [0.717, 1.165) is 30.5 Å². The first-order valence-electron chi connectivity index (χ1n) is 6.04. The smallest absolute Gasteiger partial charge is 0.224 e. The minimum atomic E-state index is 0.225. The first kappa shape index (κ1) is 11.2. The maximum atomic E-state index is 5.68. The summed E-state index contributed by atoms with van der Waals surface area (Å²) in [5.41, 5.74) is 6.33. The number of nitrogens with zero attached hydrogens (tertiary/aromatic N) is 3. The zero-order valence-corrected chi connectivity index (χ0v) is 10.2. The van der Waals surface area contributed by atoms with Crippen LogP contribution in [0.3, 0.4) is 0 Å². The predicted octanol–water partition coefficient (Wildman–Crippen LogP) is 0.914. The van der Waals surface area contributed by atoms with E-state index in [-0.39, 0.29) is 18.1 Å². The average molecular weight is 248 g/mol. The van der Waals surface area contributed by atoms with Gasteiger partial charge in [-0.1, -0.05) is 0 Å². The van der Waals surface area contributed by atoms with Crippen LogP contribution in [0.5, 0.6) is 0 Å². The highest BCUT2D eigenvalue weighted by Crippen LogP contribution is 2.27. The molecule has 1 aliphatic carbocycles. The zero-order valence-electron chi connectivity index (χ0n) is 10.2. The van der Waals surface area contributed by atoms with E-state index in [4.69, 9.17) is 10.5 Å². The van der Waals surface area contributed by atoms with Crippen molar-refractivity contribution in [2.75, 3.05) is 18.2 Å². The van der Waals surface area contributed by atoms with E-state index in [1.807, 2.05) is 0 Å². The van der Waals surface area contributed by atoms with E-state index in [1.165, 1.54) is 0 Å². The van der Waals surface area contributed by atoms with Crippen LogP contribution in [-0.2, 0) is 4.74 Å². The Kier molecular flexibility index (Phi) is 2.75. The summed E-state index contributed by atoms with van der Waals surface area (Å²) in [6.45, 7) is 0. The van der Waals surface area contributed by atoms with Gasteiger partial charge in [-0.25, -0.2) is 0 Å². The Bertz CT molecular complexity index is 553. The van der Waals surface area contributed by atoms with Gasteiger partial charge in [0.05, 0.1) is 23.7 Å².